The van der Waals surface area contributed by atoms with Gasteiger partial charge >= 0.3 is 0 Å². The third-order valence-electron chi connectivity index (χ3n) is 3.74. The topological polar surface area (TPSA) is 91.6 Å². The van der Waals surface area contributed by atoms with E-state index >= 15 is 0 Å². The molecule has 0 aromatic heterocycles. The molecule has 7 heteroatoms. The van der Waals surface area contributed by atoms with Gasteiger partial charge in [-0.2, -0.15) is 5.06 Å². The Balaban J connectivity index is 1.99. The van der Waals surface area contributed by atoms with Crippen molar-refractivity contribution < 1.29 is 15.5 Å². The summed E-state index contributed by atoms with van der Waals surface area (Å²) in [6, 6.07) is 3.66. The third-order valence-corrected chi connectivity index (χ3v) is 3.74. The predicted octanol–water partition coefficient (Wildman–Crippen LogP) is 0.679. The van der Waals surface area contributed by atoms with E-state index in [-0.39, 0.29) is 18.5 Å². The fourth-order valence-corrected chi connectivity index (χ4v) is 2.76. The van der Waals surface area contributed by atoms with Crippen LogP contribution < -0.4 is 15.6 Å². The molecule has 0 saturated carbocycles. The highest BCUT2D eigenvalue weighted by Crippen LogP contribution is 2.38. The lowest BCUT2D eigenvalue weighted by Gasteiger charge is -2.29. The number of benzene rings is 1. The molecule has 1 aromatic rings. The van der Waals surface area contributed by atoms with Crippen molar-refractivity contribution in [1.29, 1.82) is 0 Å². The van der Waals surface area contributed by atoms with Gasteiger partial charge in [-0.05, 0) is 48.9 Å². The number of hydrogen-bond donors (Lipinski definition) is 4. The first kappa shape index (κ1) is 13.2. The van der Waals surface area contributed by atoms with Crippen molar-refractivity contribution in [3.63, 3.8) is 0 Å². The summed E-state index contributed by atoms with van der Waals surface area (Å²) < 4.78 is 0. The van der Waals surface area contributed by atoms with Crippen molar-refractivity contribution in [2.45, 2.75) is 19.8 Å². The highest BCUT2D eigenvalue weighted by molar-refractivity contribution is 6.00. The molecule has 1 aromatic carbocycles. The number of aliphatic hydroxyl groups excluding tert-OH is 1. The zero-order valence-electron chi connectivity index (χ0n) is 11.2. The molecule has 0 fully saturated rings. The van der Waals surface area contributed by atoms with Gasteiger partial charge in [-0.3, -0.25) is 10.4 Å². The maximum Gasteiger partial charge on any atom is 0.248 e. The number of guanidine groups is 1. The summed E-state index contributed by atoms with van der Waals surface area (Å²) in [5, 5.41) is 37.9. The summed E-state index contributed by atoms with van der Waals surface area (Å²) in [5.74, 6) is 0.390. The van der Waals surface area contributed by atoms with Gasteiger partial charge in [0, 0.05) is 13.2 Å². The molecule has 0 radical (unpaired) electrons. The lowest BCUT2D eigenvalue weighted by atomic mass is 10.1. The first-order valence-electron chi connectivity index (χ1n) is 6.71. The van der Waals surface area contributed by atoms with Crippen LogP contribution in [0.15, 0.2) is 17.2 Å². The first-order chi connectivity index (χ1) is 9.63. The van der Waals surface area contributed by atoms with Gasteiger partial charge in [-0.1, -0.05) is 0 Å². The second kappa shape index (κ2) is 4.93. The molecule has 0 amide bonds. The average Bonchev–Trinajstić information content (AvgIpc) is 2.85. The Hall–Kier alpha value is -1.83. The van der Waals surface area contributed by atoms with Crippen molar-refractivity contribution in [3.8, 4) is 0 Å². The second-order valence-electron chi connectivity index (χ2n) is 5.12. The molecule has 4 N–H and O–H groups in total. The highest BCUT2D eigenvalue weighted by atomic mass is 16.5. The molecule has 1 aliphatic heterocycles. The number of anilines is 2. The van der Waals surface area contributed by atoms with E-state index in [1.54, 1.807) is 0 Å². The molecule has 7 nitrogen and oxygen atoms in total. The largest absolute Gasteiger partial charge is 0.396 e. The molecule has 20 heavy (non-hydrogen) atoms. The van der Waals surface area contributed by atoms with Crippen molar-refractivity contribution in [1.82, 2.24) is 5.32 Å². The number of fused-ring (bicyclic) bond motifs is 2. The number of hydrogen-bond acceptors (Lipinski definition) is 7. The van der Waals surface area contributed by atoms with E-state index in [9.17, 15) is 15.5 Å². The Labute approximate surface area is 116 Å². The minimum Gasteiger partial charge on any atom is -0.396 e. The minimum absolute atomic E-state index is 0.143. The van der Waals surface area contributed by atoms with Crippen molar-refractivity contribution in [2.24, 2.45) is 11.0 Å². The molecule has 108 valence electrons. The zero-order chi connectivity index (χ0) is 14.3. The van der Waals surface area contributed by atoms with Crippen LogP contribution in [0.1, 0.15) is 18.1 Å². The van der Waals surface area contributed by atoms with Crippen molar-refractivity contribution in [2.75, 3.05) is 23.4 Å². The fraction of sp³-hybridized carbons (Fsp3) is 0.462. The Morgan fingerprint density at radius 2 is 1.90 bits per heavy atom. The van der Waals surface area contributed by atoms with Crippen molar-refractivity contribution >= 4 is 17.3 Å². The summed E-state index contributed by atoms with van der Waals surface area (Å²) in [6.45, 7) is 2.60. The molecule has 1 heterocycles. The van der Waals surface area contributed by atoms with Crippen LogP contribution in [0.3, 0.4) is 0 Å². The van der Waals surface area contributed by atoms with Crippen LogP contribution >= 0.6 is 0 Å². The van der Waals surface area contributed by atoms with Gasteiger partial charge in [-0.15, -0.1) is 10.3 Å². The zero-order valence-corrected chi connectivity index (χ0v) is 11.2. The summed E-state index contributed by atoms with van der Waals surface area (Å²) in [5.41, 5.74) is 3.09. The Morgan fingerprint density at radius 1 is 1.25 bits per heavy atom. The molecule has 1 atom stereocenters. The third kappa shape index (κ3) is 2.00. The van der Waals surface area contributed by atoms with Gasteiger partial charge in [0.05, 0.1) is 0 Å². The molecule has 0 bridgehead atoms. The smallest absolute Gasteiger partial charge is 0.248 e. The van der Waals surface area contributed by atoms with E-state index in [4.69, 9.17) is 0 Å². The monoisotopic (exact) mass is 278 g/mol. The SMILES string of the molecule is CCNC1=NN(O)c2cc3c(cc2N1O)CC(CO)C3. The number of aliphatic hydroxyl groups is 1. The summed E-state index contributed by atoms with van der Waals surface area (Å²) in [7, 11) is 0. The fourth-order valence-electron chi connectivity index (χ4n) is 2.76. The summed E-state index contributed by atoms with van der Waals surface area (Å²) in [4.78, 5) is 0. The maximum atomic E-state index is 10.2. The average molecular weight is 278 g/mol. The van der Waals surface area contributed by atoms with Crippen LogP contribution in [0.5, 0.6) is 0 Å². The van der Waals surface area contributed by atoms with E-state index in [0.29, 0.717) is 17.9 Å². The molecular weight excluding hydrogens is 260 g/mol. The first-order valence-corrected chi connectivity index (χ1v) is 6.71. The molecule has 1 unspecified atom stereocenters. The van der Waals surface area contributed by atoms with E-state index in [2.05, 4.69) is 10.4 Å². The Morgan fingerprint density at radius 3 is 2.50 bits per heavy atom. The van der Waals surface area contributed by atoms with E-state index in [0.717, 1.165) is 34.2 Å². The van der Waals surface area contributed by atoms with E-state index < -0.39 is 0 Å². The van der Waals surface area contributed by atoms with Gasteiger partial charge < -0.3 is 10.4 Å². The summed E-state index contributed by atoms with van der Waals surface area (Å²) >= 11 is 0. The quantitative estimate of drug-likeness (QED) is 0.636. The molecule has 0 saturated heterocycles. The number of rotatable bonds is 2. The number of nitrogens with one attached hydrogen (secondary N) is 1. The van der Waals surface area contributed by atoms with Gasteiger partial charge in [-0.25, -0.2) is 0 Å². The van der Waals surface area contributed by atoms with Crippen LogP contribution in [0, 0.1) is 5.92 Å². The van der Waals surface area contributed by atoms with Crippen molar-refractivity contribution in [3.05, 3.63) is 23.3 Å². The normalized spacial score (nSPS) is 20.6. The maximum absolute atomic E-state index is 10.2. The molecule has 1 aliphatic carbocycles. The number of hydrazone groups is 1. The van der Waals surface area contributed by atoms with Gasteiger partial charge in [0.25, 0.3) is 0 Å². The second-order valence-corrected chi connectivity index (χ2v) is 5.12. The van der Waals surface area contributed by atoms with Crippen LogP contribution in [-0.2, 0) is 12.8 Å². The Kier molecular flexibility index (Phi) is 3.25. The number of hydroxylamine groups is 1. The van der Waals surface area contributed by atoms with E-state index in [1.807, 2.05) is 19.1 Å². The molecule has 2 aliphatic rings. The number of nitrogens with zero attached hydrogens (tertiary/aromatic N) is 3. The summed E-state index contributed by atoms with van der Waals surface area (Å²) in [6.07, 6.45) is 1.56. The minimum atomic E-state index is 0.143. The predicted molar refractivity (Wildman–Crippen MR) is 74.1 cm³/mol. The molecular formula is C13H18N4O3. The van der Waals surface area contributed by atoms with E-state index in [1.165, 1.54) is 0 Å². The molecule has 0 spiro atoms. The highest BCUT2D eigenvalue weighted by Gasteiger charge is 2.29. The standard InChI is InChI=1S/C13H18N4O3/c1-2-14-13-15-17(20)12-6-10-4-8(7-18)3-9(10)5-11(12)16(13)19/h5-6,8,18-20H,2-4,7H2,1H3,(H,14,15). The van der Waals surface area contributed by atoms with Crippen LogP contribution in [0.2, 0.25) is 0 Å². The lowest BCUT2D eigenvalue weighted by Crippen LogP contribution is -2.44. The van der Waals surface area contributed by atoms with Gasteiger partial charge in [0.1, 0.15) is 11.4 Å². The van der Waals surface area contributed by atoms with Crippen LogP contribution in [-0.4, -0.2) is 34.6 Å². The van der Waals surface area contributed by atoms with Crippen LogP contribution in [0.4, 0.5) is 11.4 Å². The van der Waals surface area contributed by atoms with Crippen LogP contribution in [0.25, 0.3) is 0 Å². The van der Waals surface area contributed by atoms with Gasteiger partial charge in [0.15, 0.2) is 0 Å². The van der Waals surface area contributed by atoms with Gasteiger partial charge in [0.2, 0.25) is 5.96 Å². The lowest BCUT2D eigenvalue weighted by molar-refractivity contribution is 0.232. The molecule has 3 rings (SSSR count). The Bertz CT molecular complexity index is 561.